The highest BCUT2D eigenvalue weighted by molar-refractivity contribution is 7.21. The number of thiazole rings is 1. The van der Waals surface area contributed by atoms with E-state index in [2.05, 4.69) is 30.8 Å². The van der Waals surface area contributed by atoms with Gasteiger partial charge in [-0.25, -0.2) is 15.0 Å². The quantitative estimate of drug-likeness (QED) is 0.240. The van der Waals surface area contributed by atoms with Crippen LogP contribution in [0, 0.1) is 0 Å². The van der Waals surface area contributed by atoms with Crippen LogP contribution in [0.1, 0.15) is 55.0 Å². The molecule has 3 aliphatic rings. The average molecular weight is 641 g/mol. The first-order valence-electron chi connectivity index (χ1n) is 14.8. The van der Waals surface area contributed by atoms with E-state index < -0.39 is 35.6 Å². The Labute approximate surface area is 266 Å². The number of anilines is 2. The van der Waals surface area contributed by atoms with Crippen LogP contribution in [-0.2, 0) is 27.4 Å². The number of carbonyl (C=O) groups excluding carboxylic acids is 5. The zero-order valence-electron chi connectivity index (χ0n) is 24.4. The first-order valence-corrected chi connectivity index (χ1v) is 15.6. The number of rotatable bonds is 8. The lowest BCUT2D eigenvalue weighted by atomic mass is 10.0. The molecule has 1 unspecified atom stereocenters. The number of hydrogen-bond acceptors (Lipinski definition) is 12. The van der Waals surface area contributed by atoms with Crippen LogP contribution in [0.25, 0.3) is 10.3 Å². The Morgan fingerprint density at radius 2 is 1.70 bits per heavy atom. The van der Waals surface area contributed by atoms with Crippen molar-refractivity contribution in [1.82, 2.24) is 30.5 Å². The number of fused-ring (bicyclic) bond motifs is 2. The number of amides is 5. The number of piperidine rings is 1. The number of nitrogens with one attached hydrogen (secondary N) is 3. The Kier molecular flexibility index (Phi) is 7.84. The Hall–Kier alpha value is -5.28. The highest BCUT2D eigenvalue weighted by atomic mass is 32.1. The normalized spacial score (nSPS) is 18.1. The minimum Gasteiger partial charge on any atom is -0.378 e. The molecule has 0 aliphatic carbocycles. The first kappa shape index (κ1) is 29.4. The summed E-state index contributed by atoms with van der Waals surface area (Å²) in [5.41, 5.74) is 3.05. The minimum atomic E-state index is -1.07. The van der Waals surface area contributed by atoms with E-state index in [1.807, 2.05) is 24.3 Å². The Morgan fingerprint density at radius 3 is 2.46 bits per heavy atom. The molecule has 14 nitrogen and oxygen atoms in total. The lowest BCUT2D eigenvalue weighted by Crippen LogP contribution is -2.54. The van der Waals surface area contributed by atoms with Gasteiger partial charge in [0.15, 0.2) is 15.8 Å². The summed E-state index contributed by atoms with van der Waals surface area (Å²) in [6, 6.07) is 10.9. The number of carbonyl (C=O) groups is 5. The number of nitrogens with zero attached hydrogens (tertiary/aromatic N) is 5. The smallest absolute Gasteiger partial charge is 0.262 e. The van der Waals surface area contributed by atoms with Crippen LogP contribution in [0.15, 0.2) is 48.8 Å². The first-order chi connectivity index (χ1) is 22.4. The fourth-order valence-electron chi connectivity index (χ4n) is 5.67. The molecule has 5 heterocycles. The number of morpholine rings is 1. The molecule has 1 atom stereocenters. The van der Waals surface area contributed by atoms with Crippen molar-refractivity contribution in [2.45, 2.75) is 32.0 Å². The zero-order chi connectivity index (χ0) is 31.8. The van der Waals surface area contributed by atoms with Gasteiger partial charge in [-0.3, -0.25) is 34.2 Å². The molecular formula is C31H28N8O6S. The highest BCUT2D eigenvalue weighted by Crippen LogP contribution is 2.31. The summed E-state index contributed by atoms with van der Waals surface area (Å²) < 4.78 is 5.45. The van der Waals surface area contributed by atoms with Gasteiger partial charge < -0.3 is 20.3 Å². The van der Waals surface area contributed by atoms with Crippen molar-refractivity contribution in [3.63, 3.8) is 0 Å². The average Bonchev–Trinajstić information content (AvgIpc) is 3.61. The lowest BCUT2D eigenvalue weighted by Gasteiger charge is -2.27. The molecule has 2 aromatic carbocycles. The van der Waals surface area contributed by atoms with Crippen LogP contribution in [0.2, 0.25) is 0 Å². The van der Waals surface area contributed by atoms with Gasteiger partial charge in [0.1, 0.15) is 17.9 Å². The van der Waals surface area contributed by atoms with Gasteiger partial charge in [0.25, 0.3) is 17.7 Å². The summed E-state index contributed by atoms with van der Waals surface area (Å²) in [7, 11) is 0. The molecule has 234 valence electrons. The third-order valence-corrected chi connectivity index (χ3v) is 9.03. The van der Waals surface area contributed by atoms with Crippen molar-refractivity contribution in [2.75, 3.05) is 36.5 Å². The summed E-state index contributed by atoms with van der Waals surface area (Å²) in [4.78, 5) is 80.2. The van der Waals surface area contributed by atoms with E-state index >= 15 is 0 Å². The summed E-state index contributed by atoms with van der Waals surface area (Å²) in [6.07, 6.45) is 1.66. The van der Waals surface area contributed by atoms with E-state index in [0.717, 1.165) is 50.4 Å². The van der Waals surface area contributed by atoms with Crippen LogP contribution in [0.5, 0.6) is 0 Å². The molecule has 46 heavy (non-hydrogen) atoms. The second-order valence-corrected chi connectivity index (χ2v) is 12.0. The monoisotopic (exact) mass is 640 g/mol. The standard InChI is InChI=1S/C31H28N8O6S/c40-23-8-7-22(27(42)36-23)39-29(43)20-6-5-19(13-21(20)30(39)44)26(41)32-14-17-1-3-18(4-2-17)15-33-31-37-24-25(34-16-35-28(24)46-31)38-9-11-45-12-10-38/h1-6,13,16,22H,7-12,14-15H2,(H,32,41)(H,33,37)(H,36,40,42). The Morgan fingerprint density at radius 1 is 0.957 bits per heavy atom. The van der Waals surface area contributed by atoms with Crippen molar-refractivity contribution in [3.05, 3.63) is 76.6 Å². The summed E-state index contributed by atoms with van der Waals surface area (Å²) in [5, 5.41) is 9.12. The maximum Gasteiger partial charge on any atom is 0.262 e. The van der Waals surface area contributed by atoms with E-state index in [0.29, 0.717) is 19.8 Å². The molecule has 7 rings (SSSR count). The molecule has 0 spiro atoms. The van der Waals surface area contributed by atoms with Crippen molar-refractivity contribution >= 4 is 62.2 Å². The largest absolute Gasteiger partial charge is 0.378 e. The summed E-state index contributed by atoms with van der Waals surface area (Å²) in [6.45, 7) is 3.64. The molecule has 3 N–H and O–H groups in total. The number of benzene rings is 2. The Bertz CT molecular complexity index is 1890. The summed E-state index contributed by atoms with van der Waals surface area (Å²) >= 11 is 1.47. The Balaban J connectivity index is 0.948. The van der Waals surface area contributed by atoms with Gasteiger partial charge in [0.2, 0.25) is 11.8 Å². The van der Waals surface area contributed by atoms with Gasteiger partial charge in [0, 0.05) is 38.2 Å². The predicted octanol–water partition coefficient (Wildman–Crippen LogP) is 1.87. The van der Waals surface area contributed by atoms with Crippen LogP contribution in [0.3, 0.4) is 0 Å². The second-order valence-electron chi connectivity index (χ2n) is 11.0. The molecule has 2 fully saturated rings. The van der Waals surface area contributed by atoms with E-state index in [1.54, 1.807) is 6.33 Å². The third-order valence-electron chi connectivity index (χ3n) is 8.11. The number of ether oxygens (including phenoxy) is 1. The van der Waals surface area contributed by atoms with Gasteiger partial charge in [-0.1, -0.05) is 35.6 Å². The van der Waals surface area contributed by atoms with Gasteiger partial charge in [0.05, 0.1) is 24.3 Å². The van der Waals surface area contributed by atoms with Crippen LogP contribution in [0.4, 0.5) is 10.9 Å². The zero-order valence-corrected chi connectivity index (χ0v) is 25.3. The molecule has 0 bridgehead atoms. The molecular weight excluding hydrogens is 612 g/mol. The maximum atomic E-state index is 13.1. The lowest BCUT2D eigenvalue weighted by molar-refractivity contribution is -0.136. The van der Waals surface area contributed by atoms with E-state index in [-0.39, 0.29) is 36.1 Å². The molecule has 0 radical (unpaired) electrons. The molecule has 0 saturated carbocycles. The SMILES string of the molecule is O=C1CCC(N2C(=O)c3ccc(C(=O)NCc4ccc(CNc5nc6c(N7CCOCC7)ncnc6s5)cc4)cc3C2=O)C(=O)N1. The second kappa shape index (κ2) is 12.3. The fourth-order valence-corrected chi connectivity index (χ4v) is 6.47. The molecule has 2 aromatic heterocycles. The van der Waals surface area contributed by atoms with Crippen LogP contribution < -0.4 is 20.9 Å². The van der Waals surface area contributed by atoms with Gasteiger partial charge in [-0.15, -0.1) is 0 Å². The fraction of sp³-hybridized carbons (Fsp3) is 0.290. The van der Waals surface area contributed by atoms with E-state index in [4.69, 9.17) is 9.72 Å². The molecule has 2 saturated heterocycles. The third kappa shape index (κ3) is 5.65. The number of hydrogen-bond donors (Lipinski definition) is 3. The number of imide groups is 2. The van der Waals surface area contributed by atoms with Crippen molar-refractivity contribution in [1.29, 1.82) is 0 Å². The molecule has 4 aromatic rings. The van der Waals surface area contributed by atoms with E-state index in [9.17, 15) is 24.0 Å². The van der Waals surface area contributed by atoms with Crippen LogP contribution in [-0.4, -0.2) is 81.7 Å². The molecule has 5 amide bonds. The van der Waals surface area contributed by atoms with Crippen molar-refractivity contribution < 1.29 is 28.7 Å². The van der Waals surface area contributed by atoms with Crippen LogP contribution >= 0.6 is 11.3 Å². The van der Waals surface area contributed by atoms with E-state index in [1.165, 1.54) is 29.5 Å². The van der Waals surface area contributed by atoms with Crippen molar-refractivity contribution in [3.8, 4) is 0 Å². The van der Waals surface area contributed by atoms with Crippen molar-refractivity contribution in [2.24, 2.45) is 0 Å². The van der Waals surface area contributed by atoms with Gasteiger partial charge in [-0.2, -0.15) is 0 Å². The maximum absolute atomic E-state index is 13.1. The topological polar surface area (TPSA) is 176 Å². The minimum absolute atomic E-state index is 0.0320. The van der Waals surface area contributed by atoms with Gasteiger partial charge >= 0.3 is 0 Å². The number of aromatic nitrogens is 3. The summed E-state index contributed by atoms with van der Waals surface area (Å²) in [5.74, 6) is -2.01. The molecule has 15 heteroatoms. The predicted molar refractivity (Wildman–Crippen MR) is 166 cm³/mol. The van der Waals surface area contributed by atoms with Gasteiger partial charge in [-0.05, 0) is 35.7 Å². The molecule has 3 aliphatic heterocycles. The highest BCUT2D eigenvalue weighted by Gasteiger charge is 2.44.